The Kier molecular flexibility index (Phi) is 6.98. The lowest BCUT2D eigenvalue weighted by Crippen LogP contribution is -2.14. The second kappa shape index (κ2) is 8.08. The third-order valence-corrected chi connectivity index (χ3v) is 3.41. The minimum Gasteiger partial charge on any atom is -0.310 e. The highest BCUT2D eigenvalue weighted by Crippen LogP contribution is 2.08. The monoisotopic (exact) mass is 246 g/mol. The molecule has 0 amide bonds. The second-order valence-electron chi connectivity index (χ2n) is 3.66. The van der Waals surface area contributed by atoms with Crippen molar-refractivity contribution in [2.45, 2.75) is 39.2 Å². The first-order chi connectivity index (χ1) is 7.33. The fourth-order valence-corrected chi connectivity index (χ4v) is 2.31. The molecule has 86 valence electrons. The number of aromatic nitrogens is 1. The maximum Gasteiger partial charge on any atom is 0.107 e. The largest absolute Gasteiger partial charge is 0.310 e. The molecule has 0 aliphatic carbocycles. The lowest BCUT2D eigenvalue weighted by Gasteiger charge is -2.01. The van der Waals surface area contributed by atoms with Crippen molar-refractivity contribution in [3.8, 4) is 0 Å². The topological polar surface area (TPSA) is 24.9 Å². The molecule has 0 unspecified atom stereocenters. The standard InChI is InChI=1S/C11H19ClN2S/c1-10-9-15-11(14-10)8-13-7-5-3-2-4-6-12/h9,13H,2-8H2,1H3. The van der Waals surface area contributed by atoms with Gasteiger partial charge in [-0.05, 0) is 26.3 Å². The van der Waals surface area contributed by atoms with Gasteiger partial charge in [0.1, 0.15) is 5.01 Å². The molecule has 0 aromatic carbocycles. The summed E-state index contributed by atoms with van der Waals surface area (Å²) in [5, 5.41) is 6.69. The van der Waals surface area contributed by atoms with Crippen LogP contribution in [-0.2, 0) is 6.54 Å². The fourth-order valence-electron chi connectivity index (χ4n) is 1.38. The maximum atomic E-state index is 5.60. The van der Waals surface area contributed by atoms with Crippen molar-refractivity contribution in [2.75, 3.05) is 12.4 Å². The molecule has 2 nitrogen and oxygen atoms in total. The summed E-state index contributed by atoms with van der Waals surface area (Å²) in [4.78, 5) is 4.40. The SMILES string of the molecule is Cc1csc(CNCCCCCCCl)n1. The van der Waals surface area contributed by atoms with Gasteiger partial charge in [0.25, 0.3) is 0 Å². The van der Waals surface area contributed by atoms with Crippen molar-refractivity contribution in [3.63, 3.8) is 0 Å². The van der Waals surface area contributed by atoms with E-state index in [2.05, 4.69) is 15.7 Å². The van der Waals surface area contributed by atoms with Crippen molar-refractivity contribution in [2.24, 2.45) is 0 Å². The van der Waals surface area contributed by atoms with E-state index in [1.807, 2.05) is 6.92 Å². The summed E-state index contributed by atoms with van der Waals surface area (Å²) in [5.41, 5.74) is 1.12. The molecule has 1 aromatic heterocycles. The van der Waals surface area contributed by atoms with Crippen LogP contribution in [0.15, 0.2) is 5.38 Å². The molecule has 0 atom stereocenters. The van der Waals surface area contributed by atoms with E-state index >= 15 is 0 Å². The van der Waals surface area contributed by atoms with E-state index in [1.54, 1.807) is 11.3 Å². The molecule has 0 fully saturated rings. The molecular weight excluding hydrogens is 228 g/mol. The first-order valence-corrected chi connectivity index (χ1v) is 6.92. The van der Waals surface area contributed by atoms with Gasteiger partial charge >= 0.3 is 0 Å². The minimum atomic E-state index is 0.797. The van der Waals surface area contributed by atoms with Crippen LogP contribution >= 0.6 is 22.9 Å². The molecule has 0 aliphatic rings. The van der Waals surface area contributed by atoms with E-state index in [0.29, 0.717) is 0 Å². The van der Waals surface area contributed by atoms with Crippen LogP contribution in [0.3, 0.4) is 0 Å². The highest BCUT2D eigenvalue weighted by Gasteiger charge is 1.97. The van der Waals surface area contributed by atoms with Gasteiger partial charge in [0, 0.05) is 23.5 Å². The zero-order valence-corrected chi connectivity index (χ0v) is 10.8. The van der Waals surface area contributed by atoms with Crippen LogP contribution in [0, 0.1) is 6.92 Å². The van der Waals surface area contributed by atoms with E-state index in [0.717, 1.165) is 31.1 Å². The molecule has 0 radical (unpaired) electrons. The van der Waals surface area contributed by atoms with E-state index in [-0.39, 0.29) is 0 Å². The van der Waals surface area contributed by atoms with Gasteiger partial charge in [-0.1, -0.05) is 12.8 Å². The summed E-state index contributed by atoms with van der Waals surface area (Å²) in [6, 6.07) is 0. The van der Waals surface area contributed by atoms with Crippen LogP contribution in [0.25, 0.3) is 0 Å². The molecule has 0 saturated carbocycles. The third-order valence-electron chi connectivity index (χ3n) is 2.18. The number of hydrogen-bond donors (Lipinski definition) is 1. The maximum absolute atomic E-state index is 5.60. The molecule has 1 aromatic rings. The molecule has 15 heavy (non-hydrogen) atoms. The number of aryl methyl sites for hydroxylation is 1. The van der Waals surface area contributed by atoms with Gasteiger partial charge in [0.2, 0.25) is 0 Å². The van der Waals surface area contributed by atoms with Crippen LogP contribution in [0.5, 0.6) is 0 Å². The van der Waals surface area contributed by atoms with Crippen LogP contribution in [0.2, 0.25) is 0 Å². The first-order valence-electron chi connectivity index (χ1n) is 5.50. The molecule has 0 saturated heterocycles. The average molecular weight is 247 g/mol. The van der Waals surface area contributed by atoms with Crippen molar-refractivity contribution in [3.05, 3.63) is 16.1 Å². The Bertz CT molecular complexity index is 263. The third kappa shape index (κ3) is 6.13. The number of unbranched alkanes of at least 4 members (excludes halogenated alkanes) is 3. The molecule has 1 N–H and O–H groups in total. The van der Waals surface area contributed by atoms with Gasteiger partial charge in [-0.15, -0.1) is 22.9 Å². The minimum absolute atomic E-state index is 0.797. The normalized spacial score (nSPS) is 10.8. The molecule has 0 aliphatic heterocycles. The summed E-state index contributed by atoms with van der Waals surface area (Å²) >= 11 is 7.33. The quantitative estimate of drug-likeness (QED) is 0.562. The Labute approximate surface area is 101 Å². The predicted octanol–water partition coefficient (Wildman–Crippen LogP) is 3.34. The average Bonchev–Trinajstić information content (AvgIpc) is 2.63. The summed E-state index contributed by atoms with van der Waals surface area (Å²) in [6.45, 7) is 4.03. The lowest BCUT2D eigenvalue weighted by molar-refractivity contribution is 0.598. The molecular formula is C11H19ClN2S. The number of hydrogen-bond acceptors (Lipinski definition) is 3. The van der Waals surface area contributed by atoms with E-state index in [9.17, 15) is 0 Å². The number of nitrogens with zero attached hydrogens (tertiary/aromatic N) is 1. The van der Waals surface area contributed by atoms with Gasteiger partial charge in [-0.3, -0.25) is 0 Å². The molecule has 0 bridgehead atoms. The molecule has 1 rings (SSSR count). The second-order valence-corrected chi connectivity index (χ2v) is 4.98. The van der Waals surface area contributed by atoms with E-state index in [4.69, 9.17) is 11.6 Å². The van der Waals surface area contributed by atoms with Crippen LogP contribution < -0.4 is 5.32 Å². The van der Waals surface area contributed by atoms with Crippen molar-refractivity contribution < 1.29 is 0 Å². The zero-order chi connectivity index (χ0) is 10.9. The zero-order valence-electron chi connectivity index (χ0n) is 9.26. The summed E-state index contributed by atoms with van der Waals surface area (Å²) < 4.78 is 0. The van der Waals surface area contributed by atoms with Crippen LogP contribution in [-0.4, -0.2) is 17.4 Å². The summed E-state index contributed by atoms with van der Waals surface area (Å²) in [5.74, 6) is 0.797. The highest BCUT2D eigenvalue weighted by atomic mass is 35.5. The smallest absolute Gasteiger partial charge is 0.107 e. The van der Waals surface area contributed by atoms with Gasteiger partial charge < -0.3 is 5.32 Å². The molecule has 0 spiro atoms. The molecule has 4 heteroatoms. The lowest BCUT2D eigenvalue weighted by atomic mass is 10.2. The fraction of sp³-hybridized carbons (Fsp3) is 0.727. The van der Waals surface area contributed by atoms with Crippen molar-refractivity contribution in [1.29, 1.82) is 0 Å². The Hall–Kier alpha value is -0.120. The van der Waals surface area contributed by atoms with Gasteiger partial charge in [-0.25, -0.2) is 4.98 Å². The van der Waals surface area contributed by atoms with Gasteiger partial charge in [0.05, 0.1) is 0 Å². The number of alkyl halides is 1. The number of halogens is 1. The Morgan fingerprint density at radius 2 is 2.13 bits per heavy atom. The Morgan fingerprint density at radius 1 is 1.33 bits per heavy atom. The summed E-state index contributed by atoms with van der Waals surface area (Å²) in [7, 11) is 0. The van der Waals surface area contributed by atoms with Crippen molar-refractivity contribution >= 4 is 22.9 Å². The predicted molar refractivity (Wildman–Crippen MR) is 67.7 cm³/mol. The molecule has 1 heterocycles. The van der Waals surface area contributed by atoms with E-state index < -0.39 is 0 Å². The highest BCUT2D eigenvalue weighted by molar-refractivity contribution is 7.09. The number of nitrogens with one attached hydrogen (secondary N) is 1. The number of thiazole rings is 1. The van der Waals surface area contributed by atoms with Crippen LogP contribution in [0.4, 0.5) is 0 Å². The Morgan fingerprint density at radius 3 is 2.80 bits per heavy atom. The van der Waals surface area contributed by atoms with Gasteiger partial charge in [0.15, 0.2) is 0 Å². The Balaban J connectivity index is 1.93. The van der Waals surface area contributed by atoms with E-state index in [1.165, 1.54) is 24.3 Å². The first kappa shape index (κ1) is 12.9. The van der Waals surface area contributed by atoms with Crippen molar-refractivity contribution in [1.82, 2.24) is 10.3 Å². The van der Waals surface area contributed by atoms with Crippen LogP contribution in [0.1, 0.15) is 36.4 Å². The summed E-state index contributed by atoms with van der Waals surface area (Å²) in [6.07, 6.45) is 4.91. The number of rotatable bonds is 8. The van der Waals surface area contributed by atoms with Gasteiger partial charge in [-0.2, -0.15) is 0 Å².